The second-order valence-electron chi connectivity index (χ2n) is 2.60. The second-order valence-corrected chi connectivity index (χ2v) is 2.60. The molecule has 0 bridgehead atoms. The second kappa shape index (κ2) is 4.04. The number of alkyl halides is 2. The van der Waals surface area contributed by atoms with Crippen LogP contribution in [0, 0.1) is 0 Å². The van der Waals surface area contributed by atoms with Crippen molar-refractivity contribution in [3.8, 4) is 0 Å². The zero-order chi connectivity index (χ0) is 10.7. The van der Waals surface area contributed by atoms with Crippen LogP contribution in [0.25, 0.3) is 0 Å². The van der Waals surface area contributed by atoms with Crippen LogP contribution < -0.4 is 5.73 Å². The molecule has 0 saturated carbocycles. The molecule has 3 nitrogen and oxygen atoms in total. The minimum Gasteiger partial charge on any atom is -0.465 e. The van der Waals surface area contributed by atoms with Gasteiger partial charge in [-0.05, 0) is 12.1 Å². The first-order valence-corrected chi connectivity index (χ1v) is 3.82. The summed E-state index contributed by atoms with van der Waals surface area (Å²) in [5.41, 5.74) is 4.55. The first-order valence-electron chi connectivity index (χ1n) is 3.82. The van der Waals surface area contributed by atoms with Crippen molar-refractivity contribution in [3.63, 3.8) is 0 Å². The highest BCUT2D eigenvalue weighted by Gasteiger charge is 2.20. The van der Waals surface area contributed by atoms with Crippen molar-refractivity contribution in [2.24, 2.45) is 0 Å². The predicted octanol–water partition coefficient (Wildman–Crippen LogP) is 1.99. The van der Waals surface area contributed by atoms with Crippen molar-refractivity contribution < 1.29 is 18.3 Å². The van der Waals surface area contributed by atoms with E-state index in [-0.39, 0.29) is 11.3 Å². The number of carbonyl (C=O) groups excluding carboxylic acids is 1. The number of hydrogen-bond acceptors (Lipinski definition) is 3. The van der Waals surface area contributed by atoms with Crippen molar-refractivity contribution >= 4 is 11.7 Å². The molecule has 0 heterocycles. The van der Waals surface area contributed by atoms with Crippen LogP contribution in [-0.2, 0) is 4.74 Å². The summed E-state index contributed by atoms with van der Waals surface area (Å²) in [5, 5.41) is 0. The van der Waals surface area contributed by atoms with Gasteiger partial charge in [0.15, 0.2) is 0 Å². The van der Waals surface area contributed by atoms with Gasteiger partial charge in [0.2, 0.25) is 0 Å². The SMILES string of the molecule is COC(=O)c1cccc(N)c1C(F)F. The summed E-state index contributed by atoms with van der Waals surface area (Å²) in [6.45, 7) is 0. The Labute approximate surface area is 79.5 Å². The summed E-state index contributed by atoms with van der Waals surface area (Å²) in [5.74, 6) is -0.812. The molecule has 14 heavy (non-hydrogen) atoms. The molecule has 0 unspecified atom stereocenters. The largest absolute Gasteiger partial charge is 0.465 e. The van der Waals surface area contributed by atoms with Crippen LogP contribution in [0.1, 0.15) is 22.3 Å². The van der Waals surface area contributed by atoms with Gasteiger partial charge in [0.25, 0.3) is 6.43 Å². The van der Waals surface area contributed by atoms with E-state index in [2.05, 4.69) is 4.74 Å². The molecule has 0 aliphatic heterocycles. The summed E-state index contributed by atoms with van der Waals surface area (Å²) >= 11 is 0. The molecular weight excluding hydrogens is 192 g/mol. The third-order valence-electron chi connectivity index (χ3n) is 1.76. The minimum absolute atomic E-state index is 0.108. The van der Waals surface area contributed by atoms with E-state index in [0.717, 1.165) is 7.11 Å². The summed E-state index contributed by atoms with van der Waals surface area (Å²) in [6, 6.07) is 3.99. The molecule has 0 saturated heterocycles. The number of anilines is 1. The third kappa shape index (κ3) is 1.81. The first kappa shape index (κ1) is 10.4. The van der Waals surface area contributed by atoms with E-state index in [1.807, 2.05) is 0 Å². The molecule has 1 rings (SSSR count). The topological polar surface area (TPSA) is 52.3 Å². The first-order chi connectivity index (χ1) is 6.57. The average molecular weight is 201 g/mol. The highest BCUT2D eigenvalue weighted by atomic mass is 19.3. The highest BCUT2D eigenvalue weighted by molar-refractivity contribution is 5.92. The number of carbonyl (C=O) groups is 1. The number of benzene rings is 1. The van der Waals surface area contributed by atoms with Crippen molar-refractivity contribution in [2.45, 2.75) is 6.43 Å². The van der Waals surface area contributed by atoms with Gasteiger partial charge in [-0.15, -0.1) is 0 Å². The Kier molecular flexibility index (Phi) is 3.01. The smallest absolute Gasteiger partial charge is 0.338 e. The van der Waals surface area contributed by atoms with Gasteiger partial charge in [0, 0.05) is 5.69 Å². The highest BCUT2D eigenvalue weighted by Crippen LogP contribution is 2.28. The molecule has 0 aromatic heterocycles. The number of nitrogen functional groups attached to an aromatic ring is 1. The average Bonchev–Trinajstić information content (AvgIpc) is 2.15. The van der Waals surface area contributed by atoms with Gasteiger partial charge in [-0.3, -0.25) is 0 Å². The van der Waals surface area contributed by atoms with Crippen LogP contribution in [0.4, 0.5) is 14.5 Å². The van der Waals surface area contributed by atoms with E-state index >= 15 is 0 Å². The van der Waals surface area contributed by atoms with Crippen molar-refractivity contribution in [1.29, 1.82) is 0 Å². The fraction of sp³-hybridized carbons (Fsp3) is 0.222. The van der Waals surface area contributed by atoms with Gasteiger partial charge in [-0.25, -0.2) is 13.6 Å². The number of ether oxygens (including phenoxy) is 1. The molecule has 0 spiro atoms. The number of nitrogens with two attached hydrogens (primary N) is 1. The summed E-state index contributed by atoms with van der Waals surface area (Å²) in [6.07, 6.45) is -2.79. The van der Waals surface area contributed by atoms with Gasteiger partial charge in [0.05, 0.1) is 18.2 Å². The molecule has 1 aromatic carbocycles. The van der Waals surface area contributed by atoms with Gasteiger partial charge < -0.3 is 10.5 Å². The monoisotopic (exact) mass is 201 g/mol. The zero-order valence-corrected chi connectivity index (χ0v) is 7.46. The maximum absolute atomic E-state index is 12.5. The molecular formula is C9H9F2NO2. The molecule has 1 aromatic rings. The van der Waals surface area contributed by atoms with Gasteiger partial charge in [-0.1, -0.05) is 6.07 Å². The van der Waals surface area contributed by atoms with Crippen LogP contribution in [-0.4, -0.2) is 13.1 Å². The molecule has 0 aliphatic rings. The Morgan fingerprint density at radius 2 is 2.14 bits per heavy atom. The maximum Gasteiger partial charge on any atom is 0.338 e. The summed E-state index contributed by atoms with van der Waals surface area (Å²) < 4.78 is 29.3. The minimum atomic E-state index is -2.79. The zero-order valence-electron chi connectivity index (χ0n) is 7.46. The number of halogens is 2. The molecule has 2 N–H and O–H groups in total. The Bertz CT molecular complexity index is 353. The number of esters is 1. The van der Waals surface area contributed by atoms with E-state index in [4.69, 9.17) is 5.73 Å². The van der Waals surface area contributed by atoms with Crippen LogP contribution >= 0.6 is 0 Å². The fourth-order valence-corrected chi connectivity index (χ4v) is 1.11. The molecule has 0 radical (unpaired) electrons. The molecule has 5 heteroatoms. The third-order valence-corrected chi connectivity index (χ3v) is 1.76. The Morgan fingerprint density at radius 1 is 1.50 bits per heavy atom. The van der Waals surface area contributed by atoms with Gasteiger partial charge in [-0.2, -0.15) is 0 Å². The van der Waals surface area contributed by atoms with Crippen LogP contribution in [0.5, 0.6) is 0 Å². The lowest BCUT2D eigenvalue weighted by Gasteiger charge is -2.09. The summed E-state index contributed by atoms with van der Waals surface area (Å²) in [4.78, 5) is 11.1. The maximum atomic E-state index is 12.5. The number of methoxy groups -OCH3 is 1. The molecule has 0 aliphatic carbocycles. The van der Waals surface area contributed by atoms with Crippen molar-refractivity contribution in [2.75, 3.05) is 12.8 Å². The van der Waals surface area contributed by atoms with Gasteiger partial charge in [0.1, 0.15) is 0 Å². The number of hydrogen-bond donors (Lipinski definition) is 1. The van der Waals surface area contributed by atoms with Crippen LogP contribution in [0.15, 0.2) is 18.2 Å². The van der Waals surface area contributed by atoms with E-state index in [9.17, 15) is 13.6 Å². The molecule has 0 amide bonds. The lowest BCUT2D eigenvalue weighted by atomic mass is 10.1. The quantitative estimate of drug-likeness (QED) is 0.588. The standard InChI is InChI=1S/C9H9F2NO2/c1-14-9(13)5-3-2-4-6(12)7(5)8(10)11/h2-4,8H,12H2,1H3. The predicted molar refractivity (Wildman–Crippen MR) is 47.2 cm³/mol. The fourth-order valence-electron chi connectivity index (χ4n) is 1.11. The van der Waals surface area contributed by atoms with Crippen LogP contribution in [0.2, 0.25) is 0 Å². The van der Waals surface area contributed by atoms with Crippen LogP contribution in [0.3, 0.4) is 0 Å². The Morgan fingerprint density at radius 3 is 2.64 bits per heavy atom. The molecule has 76 valence electrons. The van der Waals surface area contributed by atoms with Crippen molar-refractivity contribution in [1.82, 2.24) is 0 Å². The lowest BCUT2D eigenvalue weighted by molar-refractivity contribution is 0.0589. The Hall–Kier alpha value is -1.65. The lowest BCUT2D eigenvalue weighted by Crippen LogP contribution is -2.08. The Balaban J connectivity index is 3.28. The van der Waals surface area contributed by atoms with E-state index in [1.54, 1.807) is 0 Å². The van der Waals surface area contributed by atoms with Crippen molar-refractivity contribution in [3.05, 3.63) is 29.3 Å². The molecule has 0 atom stereocenters. The van der Waals surface area contributed by atoms with E-state index < -0.39 is 18.0 Å². The number of rotatable bonds is 2. The summed E-state index contributed by atoms with van der Waals surface area (Å²) in [7, 11) is 1.13. The van der Waals surface area contributed by atoms with E-state index in [1.165, 1.54) is 18.2 Å². The molecule has 0 fully saturated rings. The van der Waals surface area contributed by atoms with E-state index in [0.29, 0.717) is 0 Å². The normalized spacial score (nSPS) is 10.3. The van der Waals surface area contributed by atoms with Gasteiger partial charge >= 0.3 is 5.97 Å².